The van der Waals surface area contributed by atoms with Crippen LogP contribution in [0.15, 0.2) is 36.5 Å². The third kappa shape index (κ3) is 2.25. The molecule has 1 N–H and O–H groups in total. The number of amides is 1. The van der Waals surface area contributed by atoms with E-state index in [2.05, 4.69) is 10.3 Å². The molecule has 0 saturated heterocycles. The molecule has 0 spiro atoms. The lowest BCUT2D eigenvalue weighted by Crippen LogP contribution is -2.21. The molecule has 2 aromatic heterocycles. The van der Waals surface area contributed by atoms with E-state index in [-0.39, 0.29) is 18.6 Å². The summed E-state index contributed by atoms with van der Waals surface area (Å²) in [7, 11) is 0. The molecule has 2 aliphatic rings. The monoisotopic (exact) mass is 355 g/mol. The smallest absolute Gasteiger partial charge is 0.231 e. The van der Waals surface area contributed by atoms with E-state index in [1.807, 2.05) is 34.9 Å². The van der Waals surface area contributed by atoms with E-state index in [1.54, 1.807) is 6.07 Å². The highest BCUT2D eigenvalue weighted by molar-refractivity contribution is 6.31. The number of carbonyl (C=O) groups excluding carboxylic acids is 1. The summed E-state index contributed by atoms with van der Waals surface area (Å²) in [5.74, 6) is 1.04. The Labute approximate surface area is 148 Å². The Balaban J connectivity index is 1.74. The number of rotatable bonds is 1. The topological polar surface area (TPSA) is 64.9 Å². The van der Waals surface area contributed by atoms with Crippen LogP contribution in [0.5, 0.6) is 11.5 Å². The molecule has 1 amide bonds. The number of carbonyl (C=O) groups is 1. The van der Waals surface area contributed by atoms with Crippen LogP contribution in [0.1, 0.15) is 29.3 Å². The van der Waals surface area contributed by atoms with Crippen LogP contribution in [0.25, 0.3) is 5.65 Å². The van der Waals surface area contributed by atoms with Gasteiger partial charge in [0.25, 0.3) is 0 Å². The fourth-order valence-corrected chi connectivity index (χ4v) is 3.84. The van der Waals surface area contributed by atoms with E-state index in [1.165, 1.54) is 0 Å². The van der Waals surface area contributed by atoms with E-state index in [0.29, 0.717) is 29.5 Å². The molecule has 0 saturated carbocycles. The van der Waals surface area contributed by atoms with Crippen LogP contribution in [0.2, 0.25) is 5.02 Å². The van der Waals surface area contributed by atoms with Crippen LogP contribution in [0, 0.1) is 0 Å². The molecule has 25 heavy (non-hydrogen) atoms. The zero-order valence-corrected chi connectivity index (χ0v) is 13.9. The van der Waals surface area contributed by atoms with Gasteiger partial charge in [-0.15, -0.1) is 0 Å². The van der Waals surface area contributed by atoms with Crippen LogP contribution >= 0.6 is 11.6 Å². The third-order valence-corrected chi connectivity index (χ3v) is 5.01. The van der Waals surface area contributed by atoms with Gasteiger partial charge >= 0.3 is 0 Å². The molecule has 0 aliphatic carbocycles. The summed E-state index contributed by atoms with van der Waals surface area (Å²) in [6.45, 7) is 0.593. The minimum Gasteiger partial charge on any atom is -0.454 e. The molecule has 0 bridgehead atoms. The van der Waals surface area contributed by atoms with Crippen LogP contribution < -0.4 is 14.8 Å². The molecule has 5 rings (SSSR count). The molecular weight excluding hydrogens is 342 g/mol. The number of pyridine rings is 1. The normalized spacial score (nSPS) is 18.8. The molecule has 7 heteroatoms. The molecule has 2 aliphatic heterocycles. The summed E-state index contributed by atoms with van der Waals surface area (Å²) < 4.78 is 12.9. The second-order valence-electron chi connectivity index (χ2n) is 6.13. The van der Waals surface area contributed by atoms with Gasteiger partial charge in [-0.1, -0.05) is 17.7 Å². The second kappa shape index (κ2) is 5.39. The van der Waals surface area contributed by atoms with Crippen molar-refractivity contribution in [2.45, 2.75) is 18.9 Å². The first-order chi connectivity index (χ1) is 12.2. The highest BCUT2D eigenvalue weighted by atomic mass is 35.5. The minimum atomic E-state index is -0.211. The Morgan fingerprint density at radius 1 is 1.24 bits per heavy atom. The predicted octanol–water partition coefficient (Wildman–Crippen LogP) is 2.87. The Morgan fingerprint density at radius 3 is 2.96 bits per heavy atom. The molecule has 6 nitrogen and oxygen atoms in total. The van der Waals surface area contributed by atoms with Crippen molar-refractivity contribution >= 4 is 23.2 Å². The highest BCUT2D eigenvalue weighted by Gasteiger charge is 2.31. The van der Waals surface area contributed by atoms with Crippen molar-refractivity contribution in [2.75, 3.05) is 6.79 Å². The Kier molecular flexibility index (Phi) is 3.15. The average Bonchev–Trinajstić information content (AvgIpc) is 3.17. The molecule has 1 aromatic carbocycles. The van der Waals surface area contributed by atoms with Crippen LogP contribution in [-0.4, -0.2) is 22.1 Å². The molecule has 3 aromatic rings. The zero-order valence-electron chi connectivity index (χ0n) is 13.2. The highest BCUT2D eigenvalue weighted by Crippen LogP contribution is 2.43. The Hall–Kier alpha value is -2.73. The zero-order chi connectivity index (χ0) is 17.0. The number of ether oxygens (including phenoxy) is 2. The molecular formula is C18H14ClN3O3. The summed E-state index contributed by atoms with van der Waals surface area (Å²) >= 11 is 6.53. The number of hydrogen-bond donors (Lipinski definition) is 1. The predicted molar refractivity (Wildman–Crippen MR) is 91.1 cm³/mol. The van der Waals surface area contributed by atoms with Gasteiger partial charge in [0.2, 0.25) is 12.7 Å². The maximum atomic E-state index is 12.3. The summed E-state index contributed by atoms with van der Waals surface area (Å²) in [5, 5.41) is 3.48. The number of fused-ring (bicyclic) bond motifs is 4. The van der Waals surface area contributed by atoms with Gasteiger partial charge in [0.15, 0.2) is 11.5 Å². The van der Waals surface area contributed by atoms with Gasteiger partial charge in [-0.25, -0.2) is 4.98 Å². The SMILES string of the molecule is O=C1C[C@H](c2cc3c(cc2Cl)OCO3)c2c(nc3ccccn23)CN1. The maximum absolute atomic E-state index is 12.3. The molecule has 1 atom stereocenters. The van der Waals surface area contributed by atoms with Crippen molar-refractivity contribution in [2.24, 2.45) is 0 Å². The van der Waals surface area contributed by atoms with Crippen LogP contribution in [-0.2, 0) is 11.3 Å². The van der Waals surface area contributed by atoms with E-state index in [9.17, 15) is 4.79 Å². The maximum Gasteiger partial charge on any atom is 0.231 e. The summed E-state index contributed by atoms with van der Waals surface area (Å²) in [5.41, 5.74) is 3.53. The molecule has 126 valence electrons. The first-order valence-electron chi connectivity index (χ1n) is 8.02. The van der Waals surface area contributed by atoms with Crippen molar-refractivity contribution in [1.82, 2.24) is 14.7 Å². The molecule has 0 unspecified atom stereocenters. The van der Waals surface area contributed by atoms with Crippen LogP contribution in [0.3, 0.4) is 0 Å². The molecule has 0 fully saturated rings. The van der Waals surface area contributed by atoms with Crippen molar-refractivity contribution in [1.29, 1.82) is 0 Å². The molecule has 0 radical (unpaired) electrons. The largest absolute Gasteiger partial charge is 0.454 e. The first-order valence-corrected chi connectivity index (χ1v) is 8.40. The van der Waals surface area contributed by atoms with E-state index < -0.39 is 0 Å². The number of hydrogen-bond acceptors (Lipinski definition) is 4. The lowest BCUT2D eigenvalue weighted by atomic mass is 9.91. The number of nitrogens with one attached hydrogen (secondary N) is 1. The fourth-order valence-electron chi connectivity index (χ4n) is 3.56. The Morgan fingerprint density at radius 2 is 2.08 bits per heavy atom. The quantitative estimate of drug-likeness (QED) is 0.729. The van der Waals surface area contributed by atoms with Crippen molar-refractivity contribution in [3.8, 4) is 11.5 Å². The number of imidazole rings is 1. The molecule has 4 heterocycles. The van der Waals surface area contributed by atoms with E-state index >= 15 is 0 Å². The first kappa shape index (κ1) is 14.6. The fraction of sp³-hybridized carbons (Fsp3) is 0.222. The van der Waals surface area contributed by atoms with Crippen molar-refractivity contribution in [3.05, 3.63) is 58.5 Å². The van der Waals surface area contributed by atoms with Crippen molar-refractivity contribution in [3.63, 3.8) is 0 Å². The van der Waals surface area contributed by atoms with E-state index in [0.717, 1.165) is 22.6 Å². The summed E-state index contributed by atoms with van der Waals surface area (Å²) in [6, 6.07) is 9.48. The summed E-state index contributed by atoms with van der Waals surface area (Å²) in [6.07, 6.45) is 2.26. The lowest BCUT2D eigenvalue weighted by Gasteiger charge is -2.17. The van der Waals surface area contributed by atoms with Gasteiger partial charge in [0, 0.05) is 29.6 Å². The second-order valence-corrected chi connectivity index (χ2v) is 6.54. The third-order valence-electron chi connectivity index (χ3n) is 4.68. The van der Waals surface area contributed by atoms with Gasteiger partial charge < -0.3 is 19.2 Å². The summed E-state index contributed by atoms with van der Waals surface area (Å²) in [4.78, 5) is 16.9. The number of benzene rings is 1. The van der Waals surface area contributed by atoms with Gasteiger partial charge in [-0.3, -0.25) is 4.79 Å². The Bertz CT molecular complexity index is 1010. The van der Waals surface area contributed by atoms with Gasteiger partial charge in [0.05, 0.1) is 17.9 Å². The minimum absolute atomic E-state index is 0.0265. The van der Waals surface area contributed by atoms with E-state index in [4.69, 9.17) is 21.1 Å². The van der Waals surface area contributed by atoms with Gasteiger partial charge in [-0.05, 0) is 23.8 Å². The van der Waals surface area contributed by atoms with Crippen LogP contribution in [0.4, 0.5) is 0 Å². The number of aromatic nitrogens is 2. The van der Waals surface area contributed by atoms with Gasteiger partial charge in [-0.2, -0.15) is 0 Å². The van der Waals surface area contributed by atoms with Gasteiger partial charge in [0.1, 0.15) is 5.65 Å². The van der Waals surface area contributed by atoms with Crippen molar-refractivity contribution < 1.29 is 14.3 Å². The number of nitrogens with zero attached hydrogens (tertiary/aromatic N) is 2. The number of halogens is 1. The lowest BCUT2D eigenvalue weighted by molar-refractivity contribution is -0.121. The standard InChI is InChI=1S/C18H14ClN3O3/c19-12-7-15-14(24-9-25-15)5-10(12)11-6-17(23)20-8-13-18(11)22-4-2-1-3-16(22)21-13/h1-5,7,11H,6,8-9H2,(H,20,23)/t11-/m1/s1. The average molecular weight is 356 g/mol.